The van der Waals surface area contributed by atoms with Crippen molar-refractivity contribution in [2.24, 2.45) is 11.8 Å². The Balaban J connectivity index is 2.16. The maximum atomic E-state index is 12.7. The number of alkyl halides is 3. The van der Waals surface area contributed by atoms with E-state index < -0.39 is 21.6 Å². The normalized spacial score (nSPS) is 19.1. The number of halogens is 3. The van der Waals surface area contributed by atoms with Crippen LogP contribution in [-0.2, 0) is 16.0 Å². The van der Waals surface area contributed by atoms with Gasteiger partial charge in [0, 0.05) is 0 Å². The first-order valence-corrected chi connectivity index (χ1v) is 8.96. The van der Waals surface area contributed by atoms with Crippen LogP contribution in [0.15, 0.2) is 29.2 Å². The van der Waals surface area contributed by atoms with E-state index in [1.54, 1.807) is 0 Å². The zero-order valence-electron chi connectivity index (χ0n) is 12.4. The molecule has 124 valence electrons. The predicted molar refractivity (Wildman–Crippen MR) is 78.3 cm³/mol. The number of benzene rings is 1. The van der Waals surface area contributed by atoms with Crippen molar-refractivity contribution in [2.45, 2.75) is 30.8 Å². The molecule has 0 saturated carbocycles. The second-order valence-corrected chi connectivity index (χ2v) is 7.91. The van der Waals surface area contributed by atoms with Crippen molar-refractivity contribution >= 4 is 9.84 Å². The van der Waals surface area contributed by atoms with Gasteiger partial charge < -0.3 is 5.32 Å². The molecule has 0 radical (unpaired) electrons. The molecule has 0 aliphatic carbocycles. The Hall–Kier alpha value is -1.08. The van der Waals surface area contributed by atoms with Crippen LogP contribution in [0.1, 0.15) is 25.3 Å². The van der Waals surface area contributed by atoms with Gasteiger partial charge >= 0.3 is 6.18 Å². The number of hydrogen-bond donors (Lipinski definition) is 1. The van der Waals surface area contributed by atoms with E-state index in [1.165, 1.54) is 6.07 Å². The molecule has 1 aliphatic heterocycles. The molecule has 1 atom stereocenters. The summed E-state index contributed by atoms with van der Waals surface area (Å²) in [6.45, 7) is 3.58. The van der Waals surface area contributed by atoms with Gasteiger partial charge in [0.05, 0.1) is 16.2 Å². The molecule has 0 bridgehead atoms. The van der Waals surface area contributed by atoms with E-state index >= 15 is 0 Å². The summed E-state index contributed by atoms with van der Waals surface area (Å²) in [4.78, 5) is -0.247. The molecule has 2 rings (SSSR count). The molecule has 1 heterocycles. The van der Waals surface area contributed by atoms with Gasteiger partial charge in [-0.1, -0.05) is 13.0 Å². The minimum atomic E-state index is -4.54. The lowest BCUT2D eigenvalue weighted by atomic mass is 9.87. The van der Waals surface area contributed by atoms with Gasteiger partial charge in [-0.3, -0.25) is 0 Å². The molecule has 0 spiro atoms. The average Bonchev–Trinajstić information content (AvgIpc) is 2.47. The molecule has 0 aromatic heterocycles. The molecule has 1 aromatic carbocycles. The molecule has 1 aromatic rings. The fraction of sp³-hybridized carbons (Fsp3) is 0.600. The van der Waals surface area contributed by atoms with E-state index in [9.17, 15) is 21.6 Å². The Morgan fingerprint density at radius 1 is 1.27 bits per heavy atom. The largest absolute Gasteiger partial charge is 0.416 e. The zero-order valence-corrected chi connectivity index (χ0v) is 13.2. The van der Waals surface area contributed by atoms with E-state index in [2.05, 4.69) is 5.32 Å². The summed E-state index contributed by atoms with van der Waals surface area (Å²) >= 11 is 0. The first kappa shape index (κ1) is 17.3. The lowest BCUT2D eigenvalue weighted by Gasteiger charge is -2.28. The van der Waals surface area contributed by atoms with Gasteiger partial charge in [-0.2, -0.15) is 13.2 Å². The van der Waals surface area contributed by atoms with Gasteiger partial charge in [-0.15, -0.1) is 0 Å². The molecule has 3 nitrogen and oxygen atoms in total. The highest BCUT2D eigenvalue weighted by Crippen LogP contribution is 2.31. The number of piperidine rings is 1. The summed E-state index contributed by atoms with van der Waals surface area (Å²) in [5, 5.41) is 3.21. The fourth-order valence-corrected chi connectivity index (χ4v) is 4.61. The highest BCUT2D eigenvalue weighted by Gasteiger charge is 2.32. The minimum Gasteiger partial charge on any atom is -0.317 e. The van der Waals surface area contributed by atoms with Crippen LogP contribution >= 0.6 is 0 Å². The summed E-state index contributed by atoms with van der Waals surface area (Å²) in [7, 11) is -3.71. The fourth-order valence-electron chi connectivity index (χ4n) is 2.86. The Bertz CT molecular complexity index is 607. The average molecular weight is 335 g/mol. The second-order valence-electron chi connectivity index (χ2n) is 5.87. The third kappa shape index (κ3) is 4.23. The summed E-state index contributed by atoms with van der Waals surface area (Å²) in [5.74, 6) is 0.113. The van der Waals surface area contributed by atoms with Gasteiger partial charge in [-0.05, 0) is 56.0 Å². The van der Waals surface area contributed by atoms with Crippen LogP contribution in [-0.4, -0.2) is 27.3 Å². The number of sulfone groups is 1. The third-order valence-corrected chi connectivity index (χ3v) is 6.13. The molecule has 1 saturated heterocycles. The lowest BCUT2D eigenvalue weighted by molar-refractivity contribution is -0.137. The molecule has 1 aliphatic rings. The van der Waals surface area contributed by atoms with Crippen LogP contribution in [0.25, 0.3) is 0 Å². The van der Waals surface area contributed by atoms with Gasteiger partial charge in [0.1, 0.15) is 0 Å². The van der Waals surface area contributed by atoms with Crippen molar-refractivity contribution in [1.82, 2.24) is 5.32 Å². The standard InChI is InChI=1S/C15H20F3NO2S/c1-11(12-5-7-19-8-6-12)10-22(20,21)14-4-2-3-13(9-14)15(16,17)18/h2-4,9,11-12,19H,5-8,10H2,1H3. The number of hydrogen-bond acceptors (Lipinski definition) is 3. The van der Waals surface area contributed by atoms with E-state index in [0.717, 1.165) is 44.1 Å². The van der Waals surface area contributed by atoms with E-state index in [4.69, 9.17) is 0 Å². The summed E-state index contributed by atoms with van der Waals surface area (Å²) in [5.41, 5.74) is -0.928. The molecule has 0 amide bonds. The molecule has 22 heavy (non-hydrogen) atoms. The maximum Gasteiger partial charge on any atom is 0.416 e. The molecule has 7 heteroatoms. The third-order valence-electron chi connectivity index (χ3n) is 4.19. The molecule has 1 N–H and O–H groups in total. The number of nitrogens with one attached hydrogen (secondary N) is 1. The number of rotatable bonds is 4. The van der Waals surface area contributed by atoms with E-state index in [1.807, 2.05) is 6.92 Å². The molecular formula is C15H20F3NO2S. The first-order valence-electron chi connectivity index (χ1n) is 7.31. The van der Waals surface area contributed by atoms with Crippen LogP contribution in [0.2, 0.25) is 0 Å². The maximum absolute atomic E-state index is 12.7. The van der Waals surface area contributed by atoms with Crippen molar-refractivity contribution in [3.8, 4) is 0 Å². The van der Waals surface area contributed by atoms with Crippen LogP contribution in [0.4, 0.5) is 13.2 Å². The molecular weight excluding hydrogens is 315 g/mol. The Morgan fingerprint density at radius 3 is 2.50 bits per heavy atom. The Labute approximate surface area is 128 Å². The van der Waals surface area contributed by atoms with Crippen LogP contribution in [0.3, 0.4) is 0 Å². The quantitative estimate of drug-likeness (QED) is 0.920. The summed E-state index contributed by atoms with van der Waals surface area (Å²) < 4.78 is 62.9. The van der Waals surface area contributed by atoms with Gasteiger partial charge in [0.25, 0.3) is 0 Å². The lowest BCUT2D eigenvalue weighted by Crippen LogP contribution is -2.33. The highest BCUT2D eigenvalue weighted by atomic mass is 32.2. The monoisotopic (exact) mass is 335 g/mol. The summed E-state index contributed by atoms with van der Waals surface area (Å²) in [6, 6.07) is 3.99. The Kier molecular flexibility index (Phi) is 5.17. The van der Waals surface area contributed by atoms with Crippen molar-refractivity contribution in [3.05, 3.63) is 29.8 Å². The second kappa shape index (κ2) is 6.58. The van der Waals surface area contributed by atoms with Gasteiger partial charge in [0.15, 0.2) is 9.84 Å². The van der Waals surface area contributed by atoms with Crippen molar-refractivity contribution < 1.29 is 21.6 Å². The van der Waals surface area contributed by atoms with Crippen molar-refractivity contribution in [1.29, 1.82) is 0 Å². The van der Waals surface area contributed by atoms with E-state index in [0.29, 0.717) is 5.92 Å². The topological polar surface area (TPSA) is 46.2 Å². The molecule has 1 fully saturated rings. The van der Waals surface area contributed by atoms with Gasteiger partial charge in [0.2, 0.25) is 0 Å². The summed E-state index contributed by atoms with van der Waals surface area (Å²) in [6.07, 6.45) is -2.73. The van der Waals surface area contributed by atoms with Crippen LogP contribution < -0.4 is 5.32 Å². The Morgan fingerprint density at radius 2 is 1.91 bits per heavy atom. The van der Waals surface area contributed by atoms with Crippen molar-refractivity contribution in [2.75, 3.05) is 18.8 Å². The smallest absolute Gasteiger partial charge is 0.317 e. The van der Waals surface area contributed by atoms with Crippen LogP contribution in [0, 0.1) is 11.8 Å². The molecule has 1 unspecified atom stereocenters. The predicted octanol–water partition coefficient (Wildman–Crippen LogP) is 3.11. The van der Waals surface area contributed by atoms with E-state index in [-0.39, 0.29) is 16.6 Å². The minimum absolute atomic E-state index is 0.0679. The SMILES string of the molecule is CC(CS(=O)(=O)c1cccc(C(F)(F)F)c1)C1CCNCC1. The van der Waals surface area contributed by atoms with Crippen molar-refractivity contribution in [3.63, 3.8) is 0 Å². The van der Waals surface area contributed by atoms with Gasteiger partial charge in [-0.25, -0.2) is 8.42 Å². The first-order chi connectivity index (χ1) is 10.2. The zero-order chi connectivity index (χ0) is 16.4. The highest BCUT2D eigenvalue weighted by molar-refractivity contribution is 7.91. The van der Waals surface area contributed by atoms with Crippen LogP contribution in [0.5, 0.6) is 0 Å².